The lowest BCUT2D eigenvalue weighted by molar-refractivity contribution is -0.143. The molecule has 0 saturated heterocycles. The lowest BCUT2D eigenvalue weighted by atomic mass is 9.79. The largest absolute Gasteiger partial charge is 0.481 e. The van der Waals surface area contributed by atoms with Crippen molar-refractivity contribution in [1.82, 2.24) is 0 Å². The van der Waals surface area contributed by atoms with E-state index in [2.05, 4.69) is 15.9 Å². The average Bonchev–Trinajstić information content (AvgIpc) is 2.67. The molecule has 1 aromatic rings. The third-order valence-corrected chi connectivity index (χ3v) is 3.74. The van der Waals surface area contributed by atoms with Crippen LogP contribution in [-0.4, -0.2) is 11.1 Å². The second-order valence-corrected chi connectivity index (χ2v) is 5.02. The zero-order valence-electron chi connectivity index (χ0n) is 8.37. The zero-order valence-corrected chi connectivity index (χ0v) is 9.96. The van der Waals surface area contributed by atoms with Crippen molar-refractivity contribution in [2.24, 2.45) is 0 Å². The number of hydrogen-bond donors (Lipinski definition) is 1. The first kappa shape index (κ1) is 10.7. The topological polar surface area (TPSA) is 37.3 Å². The van der Waals surface area contributed by atoms with E-state index in [0.29, 0.717) is 0 Å². The highest BCUT2D eigenvalue weighted by molar-refractivity contribution is 9.10. The summed E-state index contributed by atoms with van der Waals surface area (Å²) in [6.07, 6.45) is 3.55. The standard InChI is InChI=1S/C12H13BrO2/c13-10-5-3-4-9(8-10)12(11(14)15)6-1-2-7-12/h3-5,8H,1-2,6-7H2,(H,14,15). The summed E-state index contributed by atoms with van der Waals surface area (Å²) in [6, 6.07) is 7.68. The van der Waals surface area contributed by atoms with Crippen LogP contribution in [0.2, 0.25) is 0 Å². The minimum absolute atomic E-state index is 0.635. The van der Waals surface area contributed by atoms with Gasteiger partial charge in [0.05, 0.1) is 5.41 Å². The summed E-state index contributed by atoms with van der Waals surface area (Å²) in [7, 11) is 0. The van der Waals surface area contributed by atoms with Crippen LogP contribution < -0.4 is 0 Å². The highest BCUT2D eigenvalue weighted by Crippen LogP contribution is 2.41. The molecule has 1 aromatic carbocycles. The Balaban J connectivity index is 2.45. The van der Waals surface area contributed by atoms with Crippen molar-refractivity contribution in [3.8, 4) is 0 Å². The fourth-order valence-corrected chi connectivity index (χ4v) is 2.79. The van der Waals surface area contributed by atoms with E-state index in [0.717, 1.165) is 35.7 Å². The van der Waals surface area contributed by atoms with Gasteiger partial charge in [-0.2, -0.15) is 0 Å². The molecule has 0 bridgehead atoms. The minimum Gasteiger partial charge on any atom is -0.481 e. The molecule has 80 valence electrons. The van der Waals surface area contributed by atoms with Gasteiger partial charge in [-0.05, 0) is 30.5 Å². The van der Waals surface area contributed by atoms with E-state index in [1.807, 2.05) is 24.3 Å². The van der Waals surface area contributed by atoms with Crippen molar-refractivity contribution in [3.63, 3.8) is 0 Å². The van der Waals surface area contributed by atoms with Crippen molar-refractivity contribution in [3.05, 3.63) is 34.3 Å². The van der Waals surface area contributed by atoms with Gasteiger partial charge in [0.25, 0.3) is 0 Å². The van der Waals surface area contributed by atoms with Gasteiger partial charge >= 0.3 is 5.97 Å². The van der Waals surface area contributed by atoms with Gasteiger partial charge in [-0.3, -0.25) is 4.79 Å². The molecule has 3 heteroatoms. The van der Waals surface area contributed by atoms with E-state index in [1.54, 1.807) is 0 Å². The lowest BCUT2D eigenvalue weighted by Gasteiger charge is -2.24. The summed E-state index contributed by atoms with van der Waals surface area (Å²) in [5.74, 6) is -0.682. The van der Waals surface area contributed by atoms with E-state index >= 15 is 0 Å². The number of rotatable bonds is 2. The molecule has 0 amide bonds. The molecule has 0 unspecified atom stereocenters. The van der Waals surface area contributed by atoms with Gasteiger partial charge in [-0.1, -0.05) is 40.9 Å². The van der Waals surface area contributed by atoms with Crippen LogP contribution >= 0.6 is 15.9 Å². The number of carbonyl (C=O) groups is 1. The Morgan fingerprint density at radius 2 is 2.00 bits per heavy atom. The van der Waals surface area contributed by atoms with Gasteiger partial charge in [0.2, 0.25) is 0 Å². The van der Waals surface area contributed by atoms with Crippen molar-refractivity contribution in [2.75, 3.05) is 0 Å². The van der Waals surface area contributed by atoms with Crippen LogP contribution in [0.1, 0.15) is 31.2 Å². The number of carboxylic acids is 1. The number of carboxylic acid groups (broad SMARTS) is 1. The average molecular weight is 269 g/mol. The molecule has 0 spiro atoms. The van der Waals surface area contributed by atoms with E-state index in [-0.39, 0.29) is 0 Å². The van der Waals surface area contributed by atoms with E-state index in [4.69, 9.17) is 0 Å². The maximum atomic E-state index is 11.4. The van der Waals surface area contributed by atoms with Gasteiger partial charge in [-0.15, -0.1) is 0 Å². The predicted molar refractivity (Wildman–Crippen MR) is 61.9 cm³/mol. The summed E-state index contributed by atoms with van der Waals surface area (Å²) >= 11 is 3.39. The highest BCUT2D eigenvalue weighted by Gasteiger charge is 2.42. The Morgan fingerprint density at radius 3 is 2.53 bits per heavy atom. The molecule has 0 atom stereocenters. The quantitative estimate of drug-likeness (QED) is 0.893. The van der Waals surface area contributed by atoms with Crippen LogP contribution in [0.5, 0.6) is 0 Å². The Labute approximate surface area is 97.4 Å². The Hall–Kier alpha value is -0.830. The maximum absolute atomic E-state index is 11.4. The molecule has 1 aliphatic rings. The smallest absolute Gasteiger partial charge is 0.314 e. The maximum Gasteiger partial charge on any atom is 0.314 e. The summed E-state index contributed by atoms with van der Waals surface area (Å²) in [5, 5.41) is 9.39. The molecular weight excluding hydrogens is 256 g/mol. The second kappa shape index (κ2) is 3.97. The van der Waals surface area contributed by atoms with E-state index in [1.165, 1.54) is 0 Å². The lowest BCUT2D eigenvalue weighted by Crippen LogP contribution is -2.32. The Kier molecular flexibility index (Phi) is 2.83. The van der Waals surface area contributed by atoms with E-state index < -0.39 is 11.4 Å². The molecule has 1 saturated carbocycles. The third-order valence-electron chi connectivity index (χ3n) is 3.24. The summed E-state index contributed by atoms with van der Waals surface area (Å²) in [5.41, 5.74) is 0.297. The Morgan fingerprint density at radius 1 is 1.33 bits per heavy atom. The van der Waals surface area contributed by atoms with Gasteiger partial charge < -0.3 is 5.11 Å². The fourth-order valence-electron chi connectivity index (χ4n) is 2.39. The van der Waals surface area contributed by atoms with Gasteiger partial charge in [0, 0.05) is 4.47 Å². The van der Waals surface area contributed by atoms with Crippen LogP contribution in [0.25, 0.3) is 0 Å². The van der Waals surface area contributed by atoms with E-state index in [9.17, 15) is 9.90 Å². The minimum atomic E-state index is -0.682. The van der Waals surface area contributed by atoms with Crippen LogP contribution in [0.15, 0.2) is 28.7 Å². The number of benzene rings is 1. The van der Waals surface area contributed by atoms with Crippen molar-refractivity contribution in [1.29, 1.82) is 0 Å². The second-order valence-electron chi connectivity index (χ2n) is 4.10. The third kappa shape index (κ3) is 1.81. The fraction of sp³-hybridized carbons (Fsp3) is 0.417. The number of aliphatic carboxylic acids is 1. The molecule has 1 fully saturated rings. The Bertz CT molecular complexity index is 381. The molecule has 1 aliphatic carbocycles. The molecule has 2 rings (SSSR count). The van der Waals surface area contributed by atoms with Gasteiger partial charge in [-0.25, -0.2) is 0 Å². The van der Waals surface area contributed by atoms with Crippen molar-refractivity contribution < 1.29 is 9.90 Å². The SMILES string of the molecule is O=C(O)C1(c2cccc(Br)c2)CCCC1. The molecule has 15 heavy (non-hydrogen) atoms. The highest BCUT2D eigenvalue weighted by atomic mass is 79.9. The molecule has 0 heterocycles. The molecule has 2 nitrogen and oxygen atoms in total. The summed E-state index contributed by atoms with van der Waals surface area (Å²) in [4.78, 5) is 11.4. The first-order valence-corrected chi connectivity index (χ1v) is 5.94. The monoisotopic (exact) mass is 268 g/mol. The molecular formula is C12H13BrO2. The normalized spacial score (nSPS) is 19.0. The van der Waals surface area contributed by atoms with Crippen LogP contribution in [0.3, 0.4) is 0 Å². The molecule has 0 radical (unpaired) electrons. The predicted octanol–water partition coefficient (Wildman–Crippen LogP) is 3.35. The summed E-state index contributed by atoms with van der Waals surface area (Å²) in [6.45, 7) is 0. The van der Waals surface area contributed by atoms with Gasteiger partial charge in [0.15, 0.2) is 0 Å². The van der Waals surface area contributed by atoms with Crippen molar-refractivity contribution >= 4 is 21.9 Å². The molecule has 0 aliphatic heterocycles. The first-order valence-electron chi connectivity index (χ1n) is 5.15. The van der Waals surface area contributed by atoms with Crippen molar-refractivity contribution in [2.45, 2.75) is 31.1 Å². The van der Waals surface area contributed by atoms with Crippen LogP contribution in [0, 0.1) is 0 Å². The van der Waals surface area contributed by atoms with Gasteiger partial charge in [0.1, 0.15) is 0 Å². The first-order chi connectivity index (χ1) is 7.15. The summed E-state index contributed by atoms with van der Waals surface area (Å²) < 4.78 is 0.951. The number of halogens is 1. The molecule has 0 aromatic heterocycles. The molecule has 1 N–H and O–H groups in total. The van der Waals surface area contributed by atoms with Crippen LogP contribution in [0.4, 0.5) is 0 Å². The zero-order chi connectivity index (χ0) is 10.9. The van der Waals surface area contributed by atoms with Crippen LogP contribution in [-0.2, 0) is 10.2 Å². The number of hydrogen-bond acceptors (Lipinski definition) is 1.